The number of aromatic nitrogens is 1. The minimum Gasteiger partial charge on any atom is -0.249 e. The zero-order valence-corrected chi connectivity index (χ0v) is 26.4. The van der Waals surface area contributed by atoms with Crippen molar-refractivity contribution in [3.05, 3.63) is 169 Å². The third-order valence-electron chi connectivity index (χ3n) is 10.5. The Bertz CT molecular complexity index is 2710. The van der Waals surface area contributed by atoms with Gasteiger partial charge in [0, 0.05) is 16.2 Å². The monoisotopic (exact) mass is 600 g/mol. The van der Waals surface area contributed by atoms with Crippen LogP contribution in [0.25, 0.3) is 65.3 Å². The second-order valence-electron chi connectivity index (χ2n) is 13.4. The van der Waals surface area contributed by atoms with Crippen molar-refractivity contribution >= 4 is 65.5 Å². The van der Waals surface area contributed by atoms with Crippen LogP contribution in [0.15, 0.2) is 158 Å². The molecule has 222 valence electrons. The highest BCUT2D eigenvalue weighted by Gasteiger charge is 2.36. The van der Waals surface area contributed by atoms with Crippen molar-refractivity contribution in [2.75, 3.05) is 5.01 Å². The molecule has 2 heteroatoms. The third kappa shape index (κ3) is 3.67. The lowest BCUT2D eigenvalue weighted by Gasteiger charge is -2.30. The van der Waals surface area contributed by atoms with Crippen LogP contribution in [0.4, 0.5) is 11.4 Å². The van der Waals surface area contributed by atoms with Crippen molar-refractivity contribution < 1.29 is 0 Å². The maximum atomic E-state index is 2.44. The van der Waals surface area contributed by atoms with Crippen LogP contribution >= 0.6 is 0 Å². The van der Waals surface area contributed by atoms with Crippen LogP contribution in [0.1, 0.15) is 25.0 Å². The lowest BCUT2D eigenvalue weighted by Crippen LogP contribution is -2.24. The molecule has 2 nitrogen and oxygen atoms in total. The summed E-state index contributed by atoms with van der Waals surface area (Å²) in [7, 11) is 0. The average Bonchev–Trinajstić information content (AvgIpc) is 3.55. The van der Waals surface area contributed by atoms with Crippen molar-refractivity contribution in [3.63, 3.8) is 0 Å². The lowest BCUT2D eigenvalue weighted by atomic mass is 9.82. The molecule has 0 atom stereocenters. The number of hydrogen-bond acceptors (Lipinski definition) is 1. The van der Waals surface area contributed by atoms with E-state index >= 15 is 0 Å². The predicted molar refractivity (Wildman–Crippen MR) is 200 cm³/mol. The Morgan fingerprint density at radius 1 is 0.404 bits per heavy atom. The van der Waals surface area contributed by atoms with Gasteiger partial charge in [-0.05, 0) is 97.0 Å². The van der Waals surface area contributed by atoms with E-state index < -0.39 is 0 Å². The van der Waals surface area contributed by atoms with E-state index in [1.807, 2.05) is 0 Å². The molecule has 0 saturated heterocycles. The highest BCUT2D eigenvalue weighted by Crippen LogP contribution is 2.50. The smallest absolute Gasteiger partial charge is 0.0722 e. The molecule has 10 rings (SSSR count). The number of nitrogens with zero attached hydrogens (tertiary/aromatic N) is 2. The van der Waals surface area contributed by atoms with Gasteiger partial charge in [-0.3, -0.25) is 0 Å². The van der Waals surface area contributed by atoms with Crippen LogP contribution in [0, 0.1) is 0 Å². The van der Waals surface area contributed by atoms with Crippen LogP contribution in [-0.4, -0.2) is 4.68 Å². The summed E-state index contributed by atoms with van der Waals surface area (Å²) in [5, 5.41) is 12.6. The minimum absolute atomic E-state index is 0.0942. The number of anilines is 2. The Morgan fingerprint density at radius 3 is 1.96 bits per heavy atom. The van der Waals surface area contributed by atoms with E-state index in [1.165, 1.54) is 76.4 Å². The second kappa shape index (κ2) is 9.57. The van der Waals surface area contributed by atoms with E-state index in [9.17, 15) is 0 Å². The maximum Gasteiger partial charge on any atom is 0.0722 e. The standard InChI is InChI=1S/C45H32N2/c1-45(2)41-18-10-8-16-36(41)37-25-22-32(27-42(37)45)46(31-13-4-3-5-14-31)47-43-19-11-9-17-38(43)40-26-30-21-24-34-33-15-7-6-12-29(33)20-23-35(34)39(30)28-44(40)47/h3-28H,1-2H3. The molecule has 1 aliphatic rings. The highest BCUT2D eigenvalue weighted by molar-refractivity contribution is 6.21. The number of hydrogen-bond donors (Lipinski definition) is 0. The largest absolute Gasteiger partial charge is 0.249 e. The molecule has 9 aromatic rings. The number of para-hydroxylation sites is 2. The van der Waals surface area contributed by atoms with Gasteiger partial charge in [-0.2, -0.15) is 0 Å². The molecule has 1 aliphatic carbocycles. The Morgan fingerprint density at radius 2 is 1.09 bits per heavy atom. The van der Waals surface area contributed by atoms with E-state index in [-0.39, 0.29) is 5.41 Å². The molecule has 0 radical (unpaired) electrons. The first kappa shape index (κ1) is 26.4. The quantitative estimate of drug-likeness (QED) is 0.183. The third-order valence-corrected chi connectivity index (χ3v) is 10.5. The van der Waals surface area contributed by atoms with Crippen LogP contribution < -0.4 is 5.01 Å². The molecule has 47 heavy (non-hydrogen) atoms. The number of benzene rings is 8. The van der Waals surface area contributed by atoms with Gasteiger partial charge in [0.15, 0.2) is 0 Å². The summed E-state index contributed by atoms with van der Waals surface area (Å²) in [5.41, 5.74) is 9.95. The van der Waals surface area contributed by atoms with Gasteiger partial charge in [-0.15, -0.1) is 0 Å². The molecule has 1 heterocycles. The zero-order chi connectivity index (χ0) is 31.3. The normalized spacial score (nSPS) is 13.5. The van der Waals surface area contributed by atoms with Crippen LogP contribution in [-0.2, 0) is 5.41 Å². The fourth-order valence-electron chi connectivity index (χ4n) is 8.25. The molecule has 1 aromatic heterocycles. The van der Waals surface area contributed by atoms with Crippen molar-refractivity contribution in [2.24, 2.45) is 0 Å². The van der Waals surface area contributed by atoms with Crippen LogP contribution in [0.5, 0.6) is 0 Å². The summed E-state index contributed by atoms with van der Waals surface area (Å²) in [6, 6.07) is 58.2. The second-order valence-corrected chi connectivity index (χ2v) is 13.4. The van der Waals surface area contributed by atoms with Gasteiger partial charge in [0.05, 0.1) is 22.4 Å². The van der Waals surface area contributed by atoms with Gasteiger partial charge in [0.25, 0.3) is 0 Å². The van der Waals surface area contributed by atoms with Gasteiger partial charge in [0.2, 0.25) is 0 Å². The van der Waals surface area contributed by atoms with Crippen molar-refractivity contribution in [1.29, 1.82) is 0 Å². The molecule has 0 spiro atoms. The highest BCUT2D eigenvalue weighted by atomic mass is 15.6. The van der Waals surface area contributed by atoms with Gasteiger partial charge >= 0.3 is 0 Å². The first-order valence-corrected chi connectivity index (χ1v) is 16.5. The summed E-state index contributed by atoms with van der Waals surface area (Å²) >= 11 is 0. The molecule has 0 amide bonds. The summed E-state index contributed by atoms with van der Waals surface area (Å²) in [4.78, 5) is 0. The van der Waals surface area contributed by atoms with Crippen LogP contribution in [0.2, 0.25) is 0 Å². The van der Waals surface area contributed by atoms with Crippen molar-refractivity contribution in [2.45, 2.75) is 19.3 Å². The average molecular weight is 601 g/mol. The topological polar surface area (TPSA) is 8.17 Å². The van der Waals surface area contributed by atoms with E-state index in [0.717, 1.165) is 11.4 Å². The molecule has 0 unspecified atom stereocenters. The molecule has 0 bridgehead atoms. The molecule has 0 N–H and O–H groups in total. The van der Waals surface area contributed by atoms with Crippen molar-refractivity contribution in [1.82, 2.24) is 4.68 Å². The number of fused-ring (bicyclic) bond motifs is 11. The number of rotatable bonds is 3. The van der Waals surface area contributed by atoms with E-state index in [2.05, 4.69) is 181 Å². The Kier molecular flexibility index (Phi) is 5.37. The van der Waals surface area contributed by atoms with Crippen LogP contribution in [0.3, 0.4) is 0 Å². The van der Waals surface area contributed by atoms with E-state index in [1.54, 1.807) is 0 Å². The minimum atomic E-state index is -0.0942. The predicted octanol–water partition coefficient (Wildman–Crippen LogP) is 12.2. The fourth-order valence-corrected chi connectivity index (χ4v) is 8.25. The van der Waals surface area contributed by atoms with E-state index in [4.69, 9.17) is 0 Å². The molecule has 0 aliphatic heterocycles. The van der Waals surface area contributed by atoms with E-state index in [0.29, 0.717) is 0 Å². The SMILES string of the molecule is CC1(C)c2ccccc2-c2ccc(N(c3ccccc3)n3c4ccccc4c4cc5ccc6c7ccccc7ccc6c5cc43)cc21. The molecule has 0 fully saturated rings. The van der Waals surface area contributed by atoms with Crippen molar-refractivity contribution in [3.8, 4) is 11.1 Å². The molecule has 8 aromatic carbocycles. The van der Waals surface area contributed by atoms with Gasteiger partial charge in [0.1, 0.15) is 0 Å². The summed E-state index contributed by atoms with van der Waals surface area (Å²) in [5.74, 6) is 0. The summed E-state index contributed by atoms with van der Waals surface area (Å²) < 4.78 is 2.44. The molecule has 0 saturated carbocycles. The van der Waals surface area contributed by atoms with Gasteiger partial charge < -0.3 is 0 Å². The van der Waals surface area contributed by atoms with Gasteiger partial charge in [-0.25, -0.2) is 9.69 Å². The Labute approximate surface area is 273 Å². The maximum absolute atomic E-state index is 2.44. The summed E-state index contributed by atoms with van der Waals surface area (Å²) in [6.07, 6.45) is 0. The fraction of sp³-hybridized carbons (Fsp3) is 0.0667. The van der Waals surface area contributed by atoms with Gasteiger partial charge in [-0.1, -0.05) is 129 Å². The molecular formula is C45H32N2. The first-order valence-electron chi connectivity index (χ1n) is 16.5. The Hall–Kier alpha value is -5.86. The lowest BCUT2D eigenvalue weighted by molar-refractivity contribution is 0.660. The molecular weight excluding hydrogens is 569 g/mol. The summed E-state index contributed by atoms with van der Waals surface area (Å²) in [6.45, 7) is 4.71. The first-order chi connectivity index (χ1) is 23.1. The zero-order valence-electron chi connectivity index (χ0n) is 26.4. The Balaban J connectivity index is 1.30.